The third-order valence-electron chi connectivity index (χ3n) is 4.31. The van der Waals surface area contributed by atoms with E-state index >= 15 is 0 Å². The molecule has 3 aromatic rings. The largest absolute Gasteiger partial charge is 0.434 e. The highest BCUT2D eigenvalue weighted by atomic mass is 127. The van der Waals surface area contributed by atoms with Gasteiger partial charge in [-0.1, -0.05) is 42.5 Å². The number of guanidine groups is 1. The highest BCUT2D eigenvalue weighted by Crippen LogP contribution is 2.20. The maximum atomic E-state index is 12.6. The normalized spacial score (nSPS) is 11.1. The summed E-state index contributed by atoms with van der Waals surface area (Å²) in [6.45, 7) is -1.32. The number of para-hydroxylation sites is 1. The van der Waals surface area contributed by atoms with Crippen LogP contribution in [0.1, 0.15) is 16.7 Å². The molecule has 0 amide bonds. The zero-order chi connectivity index (χ0) is 20.5. The highest BCUT2D eigenvalue weighted by Gasteiger charge is 2.10. The quantitative estimate of drug-likeness (QED) is 0.264. The second-order valence-corrected chi connectivity index (χ2v) is 6.24. The smallest absolute Gasteiger partial charge is 0.387 e. The van der Waals surface area contributed by atoms with E-state index in [2.05, 4.69) is 31.5 Å². The van der Waals surface area contributed by atoms with Crippen LogP contribution in [0.4, 0.5) is 8.78 Å². The van der Waals surface area contributed by atoms with Crippen LogP contribution in [-0.2, 0) is 19.6 Å². The Morgan fingerprint density at radius 1 is 1.00 bits per heavy atom. The van der Waals surface area contributed by atoms with E-state index in [-0.39, 0.29) is 29.7 Å². The first-order valence-electron chi connectivity index (χ1n) is 9.17. The fourth-order valence-corrected chi connectivity index (χ4v) is 2.89. The maximum absolute atomic E-state index is 12.6. The molecule has 0 spiro atoms. The lowest BCUT2D eigenvalue weighted by atomic mass is 10.1. The molecule has 0 aliphatic carbocycles. The lowest BCUT2D eigenvalue weighted by Gasteiger charge is -2.16. The van der Waals surface area contributed by atoms with Crippen molar-refractivity contribution in [2.24, 2.45) is 4.99 Å². The first-order valence-corrected chi connectivity index (χ1v) is 9.17. The Bertz CT molecular complexity index is 935. The average Bonchev–Trinajstić information content (AvgIpc) is 3.23. The number of alkyl halides is 2. The summed E-state index contributed by atoms with van der Waals surface area (Å²) in [5.41, 5.74) is 2.89. The molecule has 160 valence electrons. The third kappa shape index (κ3) is 6.97. The zero-order valence-corrected chi connectivity index (χ0v) is 18.8. The van der Waals surface area contributed by atoms with Crippen LogP contribution < -0.4 is 15.4 Å². The molecular weight excluding hydrogens is 503 g/mol. The Balaban J connectivity index is 0.00000320. The number of rotatable bonds is 8. The van der Waals surface area contributed by atoms with Crippen molar-refractivity contribution in [3.05, 3.63) is 83.7 Å². The van der Waals surface area contributed by atoms with Crippen molar-refractivity contribution in [2.45, 2.75) is 26.2 Å². The minimum atomic E-state index is -2.86. The van der Waals surface area contributed by atoms with E-state index < -0.39 is 6.61 Å². The van der Waals surface area contributed by atoms with Gasteiger partial charge in [-0.3, -0.25) is 9.67 Å². The van der Waals surface area contributed by atoms with Crippen molar-refractivity contribution in [2.75, 3.05) is 7.05 Å². The van der Waals surface area contributed by atoms with Gasteiger partial charge in [0.2, 0.25) is 0 Å². The maximum Gasteiger partial charge on any atom is 0.387 e. The van der Waals surface area contributed by atoms with Gasteiger partial charge in [-0.2, -0.15) is 13.9 Å². The molecule has 0 unspecified atom stereocenters. The summed E-state index contributed by atoms with van der Waals surface area (Å²) in [6, 6.07) is 16.7. The van der Waals surface area contributed by atoms with Crippen molar-refractivity contribution in [1.29, 1.82) is 0 Å². The molecule has 3 rings (SSSR count). The van der Waals surface area contributed by atoms with Crippen molar-refractivity contribution in [3.63, 3.8) is 0 Å². The number of benzene rings is 2. The summed E-state index contributed by atoms with van der Waals surface area (Å²) in [5, 5.41) is 10.6. The number of nitrogens with zero attached hydrogens (tertiary/aromatic N) is 3. The van der Waals surface area contributed by atoms with Crippen LogP contribution in [-0.4, -0.2) is 29.4 Å². The Morgan fingerprint density at radius 2 is 1.63 bits per heavy atom. The van der Waals surface area contributed by atoms with E-state index in [0.29, 0.717) is 31.2 Å². The standard InChI is InChI=1S/C21H23F2N5O.HI/c1-24-21(26-14-17-8-4-5-10-19(17)29-20(22)23)25-13-16-7-2-3-9-18(16)15-28-12-6-11-27-28;/h2-12,20H,13-15H2,1H3,(H2,24,25,26);1H. The minimum Gasteiger partial charge on any atom is -0.434 e. The van der Waals surface area contributed by atoms with E-state index in [1.54, 1.807) is 31.4 Å². The molecule has 0 fully saturated rings. The number of ether oxygens (including phenoxy) is 1. The number of aliphatic imine (C=N–C) groups is 1. The van der Waals surface area contributed by atoms with Gasteiger partial charge in [0.05, 0.1) is 6.54 Å². The molecule has 9 heteroatoms. The van der Waals surface area contributed by atoms with E-state index in [0.717, 1.165) is 11.1 Å². The van der Waals surface area contributed by atoms with Crippen LogP contribution in [0.2, 0.25) is 0 Å². The number of aromatic nitrogens is 2. The lowest BCUT2D eigenvalue weighted by molar-refractivity contribution is -0.0504. The summed E-state index contributed by atoms with van der Waals surface area (Å²) in [7, 11) is 1.66. The average molecular weight is 527 g/mol. The fourth-order valence-electron chi connectivity index (χ4n) is 2.89. The first-order chi connectivity index (χ1) is 14.2. The second kappa shape index (κ2) is 12.1. The summed E-state index contributed by atoms with van der Waals surface area (Å²) in [6.07, 6.45) is 3.67. The number of hydrogen-bond donors (Lipinski definition) is 2. The zero-order valence-electron chi connectivity index (χ0n) is 16.5. The van der Waals surface area contributed by atoms with Crippen LogP contribution in [0.15, 0.2) is 72.0 Å². The molecule has 0 radical (unpaired) electrons. The predicted molar refractivity (Wildman–Crippen MR) is 123 cm³/mol. The minimum absolute atomic E-state index is 0. The van der Waals surface area contributed by atoms with E-state index in [1.165, 1.54) is 6.07 Å². The Kier molecular flexibility index (Phi) is 9.52. The van der Waals surface area contributed by atoms with Gasteiger partial charge >= 0.3 is 6.61 Å². The number of nitrogens with one attached hydrogen (secondary N) is 2. The van der Waals surface area contributed by atoms with Gasteiger partial charge in [0.15, 0.2) is 5.96 Å². The second-order valence-electron chi connectivity index (χ2n) is 6.24. The van der Waals surface area contributed by atoms with Gasteiger partial charge in [0, 0.05) is 38.1 Å². The van der Waals surface area contributed by atoms with Crippen LogP contribution in [0, 0.1) is 0 Å². The van der Waals surface area contributed by atoms with Gasteiger partial charge in [0.25, 0.3) is 0 Å². The molecule has 2 N–H and O–H groups in total. The molecule has 1 aromatic heterocycles. The van der Waals surface area contributed by atoms with Crippen molar-refractivity contribution in [1.82, 2.24) is 20.4 Å². The third-order valence-corrected chi connectivity index (χ3v) is 4.31. The van der Waals surface area contributed by atoms with Crippen molar-refractivity contribution in [3.8, 4) is 5.75 Å². The van der Waals surface area contributed by atoms with Gasteiger partial charge in [-0.25, -0.2) is 0 Å². The highest BCUT2D eigenvalue weighted by molar-refractivity contribution is 14.0. The summed E-state index contributed by atoms with van der Waals surface area (Å²) >= 11 is 0. The number of halogens is 3. The van der Waals surface area contributed by atoms with Crippen molar-refractivity contribution < 1.29 is 13.5 Å². The monoisotopic (exact) mass is 527 g/mol. The van der Waals surface area contributed by atoms with Crippen LogP contribution in [0.3, 0.4) is 0 Å². The van der Waals surface area contributed by atoms with Crippen LogP contribution in [0.5, 0.6) is 5.75 Å². The Morgan fingerprint density at radius 3 is 2.27 bits per heavy atom. The van der Waals surface area contributed by atoms with E-state index in [9.17, 15) is 8.78 Å². The van der Waals surface area contributed by atoms with Gasteiger partial charge in [-0.15, -0.1) is 24.0 Å². The van der Waals surface area contributed by atoms with Gasteiger partial charge in [-0.05, 0) is 23.3 Å². The predicted octanol–water partition coefficient (Wildman–Crippen LogP) is 4.02. The topological polar surface area (TPSA) is 63.5 Å². The van der Waals surface area contributed by atoms with Gasteiger partial charge < -0.3 is 15.4 Å². The molecule has 30 heavy (non-hydrogen) atoms. The Labute approximate surface area is 191 Å². The molecule has 0 saturated heterocycles. The van der Waals surface area contributed by atoms with E-state index in [1.807, 2.05) is 35.1 Å². The molecule has 0 aliphatic rings. The molecule has 0 bridgehead atoms. The fraction of sp³-hybridized carbons (Fsp3) is 0.238. The molecule has 1 heterocycles. The summed E-state index contributed by atoms with van der Waals surface area (Å²) in [4.78, 5) is 4.20. The molecule has 2 aromatic carbocycles. The molecular formula is C21H24F2IN5O. The molecule has 0 saturated carbocycles. The Hall–Kier alpha value is -2.69. The first kappa shape index (κ1) is 23.6. The van der Waals surface area contributed by atoms with Crippen LogP contribution in [0.25, 0.3) is 0 Å². The van der Waals surface area contributed by atoms with E-state index in [4.69, 9.17) is 0 Å². The number of hydrogen-bond acceptors (Lipinski definition) is 3. The summed E-state index contributed by atoms with van der Waals surface area (Å²) < 4.78 is 31.6. The molecule has 0 atom stereocenters. The summed E-state index contributed by atoms with van der Waals surface area (Å²) in [5.74, 6) is 0.709. The lowest BCUT2D eigenvalue weighted by Crippen LogP contribution is -2.36. The molecule has 6 nitrogen and oxygen atoms in total. The van der Waals surface area contributed by atoms with Crippen LogP contribution >= 0.6 is 24.0 Å². The SMILES string of the molecule is CN=C(NCc1ccccc1Cn1cccn1)NCc1ccccc1OC(F)F.I. The van der Waals surface area contributed by atoms with Gasteiger partial charge in [0.1, 0.15) is 5.75 Å². The van der Waals surface area contributed by atoms with Crippen molar-refractivity contribution >= 4 is 29.9 Å². The molecule has 0 aliphatic heterocycles.